The van der Waals surface area contributed by atoms with Crippen LogP contribution in [-0.4, -0.2) is 11.6 Å². The van der Waals surface area contributed by atoms with E-state index in [2.05, 4.69) is 52.2 Å². The van der Waals surface area contributed by atoms with Gasteiger partial charge in [0, 0.05) is 4.47 Å². The molecule has 0 unspecified atom stereocenters. The van der Waals surface area contributed by atoms with Gasteiger partial charge in [0.15, 0.2) is 0 Å². The zero-order valence-electron chi connectivity index (χ0n) is 16.8. The van der Waals surface area contributed by atoms with Crippen LogP contribution in [0.3, 0.4) is 0 Å². The first-order valence-electron chi connectivity index (χ1n) is 9.73. The predicted octanol–water partition coefficient (Wildman–Crippen LogP) is 6.65. The lowest BCUT2D eigenvalue weighted by atomic mass is 9.95. The number of allylic oxidation sites excluding steroid dienone is 2. The minimum absolute atomic E-state index is 0.116. The molecule has 30 heavy (non-hydrogen) atoms. The van der Waals surface area contributed by atoms with E-state index in [-0.39, 0.29) is 5.91 Å². The number of carbonyl (C=O) groups excluding carboxylic acids is 1. The highest BCUT2D eigenvalue weighted by molar-refractivity contribution is 9.10. The van der Waals surface area contributed by atoms with Crippen molar-refractivity contribution in [3.8, 4) is 0 Å². The normalized spacial score (nSPS) is 15.6. The number of hydrogen-bond donors (Lipinski definition) is 0. The number of benzene rings is 3. The number of nitrogens with zero attached hydrogens (tertiary/aromatic N) is 2. The van der Waals surface area contributed by atoms with Gasteiger partial charge in [-0.25, -0.2) is 0 Å². The van der Waals surface area contributed by atoms with Crippen LogP contribution in [0.25, 0.3) is 11.6 Å². The van der Waals surface area contributed by atoms with Gasteiger partial charge in [0.05, 0.1) is 17.0 Å². The summed E-state index contributed by atoms with van der Waals surface area (Å²) in [7, 11) is 0. The van der Waals surface area contributed by atoms with Gasteiger partial charge in [-0.3, -0.25) is 4.79 Å². The van der Waals surface area contributed by atoms with Crippen molar-refractivity contribution in [1.82, 2.24) is 0 Å². The van der Waals surface area contributed by atoms with Crippen molar-refractivity contribution < 1.29 is 4.79 Å². The first-order chi connectivity index (χ1) is 14.5. The third-order valence-corrected chi connectivity index (χ3v) is 5.49. The zero-order chi connectivity index (χ0) is 21.1. The Balaban J connectivity index is 1.81. The summed E-state index contributed by atoms with van der Waals surface area (Å²) in [6.45, 7) is 3.94. The lowest BCUT2D eigenvalue weighted by Gasteiger charge is -2.13. The van der Waals surface area contributed by atoms with Gasteiger partial charge in [0.25, 0.3) is 5.91 Å². The third kappa shape index (κ3) is 4.19. The minimum atomic E-state index is -0.116. The summed E-state index contributed by atoms with van der Waals surface area (Å²) in [6, 6.07) is 25.8. The molecule has 0 atom stereocenters. The van der Waals surface area contributed by atoms with E-state index in [9.17, 15) is 4.79 Å². The summed E-state index contributed by atoms with van der Waals surface area (Å²) in [4.78, 5) is 13.4. The van der Waals surface area contributed by atoms with Gasteiger partial charge in [-0.15, -0.1) is 0 Å². The Morgan fingerprint density at radius 2 is 1.57 bits per heavy atom. The second kappa shape index (κ2) is 8.64. The number of carbonyl (C=O) groups is 1. The number of hydrogen-bond acceptors (Lipinski definition) is 2. The van der Waals surface area contributed by atoms with E-state index in [0.717, 1.165) is 26.9 Å². The first kappa shape index (κ1) is 20.0. The summed E-state index contributed by atoms with van der Waals surface area (Å²) < 4.78 is 1.03. The number of amides is 1. The molecule has 3 nitrogen and oxygen atoms in total. The predicted molar refractivity (Wildman–Crippen MR) is 128 cm³/mol. The van der Waals surface area contributed by atoms with Crippen LogP contribution in [0.4, 0.5) is 5.69 Å². The summed E-state index contributed by atoms with van der Waals surface area (Å²) in [5, 5.41) is 6.03. The highest BCUT2D eigenvalue weighted by atomic mass is 79.9. The maximum Gasteiger partial charge on any atom is 0.281 e. The molecule has 1 aliphatic rings. The van der Waals surface area contributed by atoms with Crippen molar-refractivity contribution >= 4 is 44.9 Å². The lowest BCUT2D eigenvalue weighted by Crippen LogP contribution is -2.21. The van der Waals surface area contributed by atoms with Crippen molar-refractivity contribution in [2.45, 2.75) is 13.8 Å². The Bertz CT molecular complexity index is 1160. The summed E-state index contributed by atoms with van der Waals surface area (Å²) in [5.74, 6) is -0.116. The van der Waals surface area contributed by atoms with Gasteiger partial charge < -0.3 is 0 Å². The molecule has 4 rings (SSSR count). The van der Waals surface area contributed by atoms with Crippen molar-refractivity contribution in [3.63, 3.8) is 0 Å². The molecule has 0 saturated heterocycles. The molecular weight excluding hydrogens is 436 g/mol. The van der Waals surface area contributed by atoms with Crippen LogP contribution < -0.4 is 5.01 Å². The Kier molecular flexibility index (Phi) is 5.77. The maximum atomic E-state index is 13.4. The van der Waals surface area contributed by atoms with Crippen LogP contribution in [0, 0.1) is 6.92 Å². The molecule has 3 aromatic rings. The number of anilines is 1. The van der Waals surface area contributed by atoms with Crippen molar-refractivity contribution in [2.75, 3.05) is 5.01 Å². The molecule has 1 heterocycles. The van der Waals surface area contributed by atoms with E-state index in [1.165, 1.54) is 10.6 Å². The fourth-order valence-corrected chi connectivity index (χ4v) is 3.64. The molecule has 0 N–H and O–H groups in total. The van der Waals surface area contributed by atoms with E-state index in [0.29, 0.717) is 11.3 Å². The fourth-order valence-electron chi connectivity index (χ4n) is 3.37. The van der Waals surface area contributed by atoms with E-state index in [1.807, 2.05) is 73.7 Å². The second-order valence-corrected chi connectivity index (χ2v) is 8.09. The van der Waals surface area contributed by atoms with Crippen molar-refractivity contribution in [2.24, 2.45) is 5.10 Å². The molecule has 0 radical (unpaired) electrons. The van der Waals surface area contributed by atoms with Crippen LogP contribution in [0.15, 0.2) is 100 Å². The van der Waals surface area contributed by atoms with E-state index in [4.69, 9.17) is 0 Å². The molecular formula is C26H21BrN2O. The lowest BCUT2D eigenvalue weighted by molar-refractivity contribution is -0.114. The Morgan fingerprint density at radius 3 is 2.23 bits per heavy atom. The van der Waals surface area contributed by atoms with E-state index < -0.39 is 0 Å². The Morgan fingerprint density at radius 1 is 0.900 bits per heavy atom. The van der Waals surface area contributed by atoms with Crippen LogP contribution >= 0.6 is 15.9 Å². The highest BCUT2D eigenvalue weighted by Crippen LogP contribution is 2.30. The monoisotopic (exact) mass is 456 g/mol. The van der Waals surface area contributed by atoms with Crippen LogP contribution in [0.1, 0.15) is 23.6 Å². The Labute approximate surface area is 185 Å². The molecule has 4 heteroatoms. The second-order valence-electron chi connectivity index (χ2n) is 7.18. The fraction of sp³-hybridized carbons (Fsp3) is 0.0769. The minimum Gasteiger partial charge on any atom is -0.267 e. The van der Waals surface area contributed by atoms with Gasteiger partial charge in [0.1, 0.15) is 0 Å². The number of para-hydroxylation sites is 1. The molecule has 0 bridgehead atoms. The standard InChI is InChI=1S/C26H21BrN2O/c1-18-8-13-21(14-9-18)24(17-12-20-10-15-22(27)16-11-20)25-19(2)28-29(26(25)30)23-6-4-3-5-7-23/h3-17H,1-2H3/b17-12-,25-24+. The SMILES string of the molecule is CC1=NN(c2ccccc2)C(=O)/C1=C(\C=C/c1ccc(Br)cc1)c1ccc(C)cc1. The summed E-state index contributed by atoms with van der Waals surface area (Å²) >= 11 is 3.47. The number of aryl methyl sites for hydroxylation is 1. The molecule has 1 amide bonds. The van der Waals surface area contributed by atoms with Crippen molar-refractivity contribution in [1.29, 1.82) is 0 Å². The zero-order valence-corrected chi connectivity index (χ0v) is 18.4. The largest absolute Gasteiger partial charge is 0.281 e. The molecule has 0 aromatic heterocycles. The average Bonchev–Trinajstić information content (AvgIpc) is 3.06. The smallest absolute Gasteiger partial charge is 0.267 e. The van der Waals surface area contributed by atoms with Crippen LogP contribution in [0.2, 0.25) is 0 Å². The number of rotatable bonds is 4. The highest BCUT2D eigenvalue weighted by Gasteiger charge is 2.31. The van der Waals surface area contributed by atoms with E-state index in [1.54, 1.807) is 0 Å². The summed E-state index contributed by atoms with van der Waals surface area (Å²) in [6.07, 6.45) is 4.04. The molecule has 0 saturated carbocycles. The van der Waals surface area contributed by atoms with Crippen LogP contribution in [0.5, 0.6) is 0 Å². The number of hydrazone groups is 1. The molecule has 148 valence electrons. The molecule has 3 aromatic carbocycles. The molecule has 0 aliphatic carbocycles. The maximum absolute atomic E-state index is 13.4. The Hall–Kier alpha value is -3.24. The first-order valence-corrected chi connectivity index (χ1v) is 10.5. The van der Waals surface area contributed by atoms with Gasteiger partial charge in [0.2, 0.25) is 0 Å². The van der Waals surface area contributed by atoms with Gasteiger partial charge in [-0.05, 0) is 54.8 Å². The average molecular weight is 457 g/mol. The quantitative estimate of drug-likeness (QED) is 0.404. The third-order valence-electron chi connectivity index (χ3n) is 4.96. The topological polar surface area (TPSA) is 32.7 Å². The summed E-state index contributed by atoms with van der Waals surface area (Å²) in [5.41, 5.74) is 6.18. The van der Waals surface area contributed by atoms with Crippen molar-refractivity contribution in [3.05, 3.63) is 112 Å². The van der Waals surface area contributed by atoms with Gasteiger partial charge in [-0.1, -0.05) is 88.2 Å². The van der Waals surface area contributed by atoms with Gasteiger partial charge >= 0.3 is 0 Å². The number of halogens is 1. The van der Waals surface area contributed by atoms with Crippen LogP contribution in [-0.2, 0) is 4.79 Å². The van der Waals surface area contributed by atoms with E-state index >= 15 is 0 Å². The molecule has 0 fully saturated rings. The molecule has 0 spiro atoms. The molecule has 1 aliphatic heterocycles. The van der Waals surface area contributed by atoms with Gasteiger partial charge in [-0.2, -0.15) is 10.1 Å².